The van der Waals surface area contributed by atoms with Gasteiger partial charge in [0.05, 0.1) is 0 Å². The van der Waals surface area contributed by atoms with Crippen molar-refractivity contribution in [2.45, 2.75) is 26.2 Å². The number of nitrogens with zero attached hydrogens (tertiary/aromatic N) is 1. The molecule has 3 heteroatoms. The monoisotopic (exact) mass is 299 g/mol. The summed E-state index contributed by atoms with van der Waals surface area (Å²) in [4.78, 5) is 2.46. The summed E-state index contributed by atoms with van der Waals surface area (Å²) < 4.78 is 0. The average molecular weight is 299 g/mol. The van der Waals surface area contributed by atoms with Crippen molar-refractivity contribution in [3.63, 3.8) is 0 Å². The van der Waals surface area contributed by atoms with E-state index in [4.69, 9.17) is 0 Å². The highest BCUT2D eigenvalue weighted by atomic mass is 16.3. The summed E-state index contributed by atoms with van der Waals surface area (Å²) in [5.41, 5.74) is 2.42. The largest absolute Gasteiger partial charge is 0.504 e. The molecule has 0 fully saturated rings. The Morgan fingerprint density at radius 1 is 0.773 bits per heavy atom. The van der Waals surface area contributed by atoms with Crippen LogP contribution in [0, 0.1) is 0 Å². The molecule has 0 aromatic heterocycles. The van der Waals surface area contributed by atoms with Crippen LogP contribution in [0.15, 0.2) is 48.5 Å². The standard InChI is InChI=1S/C19H25NO2/c1-2-12-20(13-10-16-6-4-3-5-7-16)14-11-17-8-9-18(21)19(22)15-17/h3-9,15,21-22H,2,10-14H2,1H3. The molecule has 2 aromatic rings. The minimum absolute atomic E-state index is 0.0381. The van der Waals surface area contributed by atoms with Crippen LogP contribution in [0.3, 0.4) is 0 Å². The molecule has 0 bridgehead atoms. The summed E-state index contributed by atoms with van der Waals surface area (Å²) >= 11 is 0. The normalized spacial score (nSPS) is 11.0. The summed E-state index contributed by atoms with van der Waals surface area (Å²) in [6, 6.07) is 15.6. The maximum Gasteiger partial charge on any atom is 0.157 e. The first-order valence-corrected chi connectivity index (χ1v) is 7.96. The SMILES string of the molecule is CCCN(CCc1ccccc1)CCc1ccc(O)c(O)c1. The van der Waals surface area contributed by atoms with E-state index in [9.17, 15) is 10.2 Å². The lowest BCUT2D eigenvalue weighted by atomic mass is 10.1. The molecule has 0 saturated carbocycles. The Kier molecular flexibility index (Phi) is 6.28. The van der Waals surface area contributed by atoms with Crippen LogP contribution in [0.4, 0.5) is 0 Å². The van der Waals surface area contributed by atoms with E-state index in [1.807, 2.05) is 12.1 Å². The highest BCUT2D eigenvalue weighted by Gasteiger charge is 2.06. The molecule has 2 N–H and O–H groups in total. The van der Waals surface area contributed by atoms with E-state index in [-0.39, 0.29) is 11.5 Å². The molecule has 0 aliphatic rings. The van der Waals surface area contributed by atoms with Gasteiger partial charge in [0.15, 0.2) is 11.5 Å². The van der Waals surface area contributed by atoms with Crippen LogP contribution in [0.1, 0.15) is 24.5 Å². The number of aromatic hydroxyl groups is 2. The van der Waals surface area contributed by atoms with Crippen LogP contribution in [-0.2, 0) is 12.8 Å². The number of hydrogen-bond donors (Lipinski definition) is 2. The zero-order valence-corrected chi connectivity index (χ0v) is 13.2. The van der Waals surface area contributed by atoms with Crippen molar-refractivity contribution in [3.05, 3.63) is 59.7 Å². The van der Waals surface area contributed by atoms with Crippen molar-refractivity contribution in [1.29, 1.82) is 0 Å². The fourth-order valence-electron chi connectivity index (χ4n) is 2.60. The molecule has 118 valence electrons. The predicted molar refractivity (Wildman–Crippen MR) is 90.4 cm³/mol. The van der Waals surface area contributed by atoms with E-state index in [0.717, 1.165) is 44.5 Å². The summed E-state index contributed by atoms with van der Waals surface area (Å²) in [5, 5.41) is 18.9. The Bertz CT molecular complexity index is 569. The fourth-order valence-corrected chi connectivity index (χ4v) is 2.60. The quantitative estimate of drug-likeness (QED) is 0.732. The van der Waals surface area contributed by atoms with E-state index >= 15 is 0 Å². The summed E-state index contributed by atoms with van der Waals surface area (Å²) in [6.45, 7) is 5.28. The minimum Gasteiger partial charge on any atom is -0.504 e. The first-order valence-electron chi connectivity index (χ1n) is 7.96. The van der Waals surface area contributed by atoms with E-state index in [1.165, 1.54) is 5.56 Å². The van der Waals surface area contributed by atoms with Crippen molar-refractivity contribution in [2.24, 2.45) is 0 Å². The second-order valence-electron chi connectivity index (χ2n) is 5.65. The van der Waals surface area contributed by atoms with Gasteiger partial charge >= 0.3 is 0 Å². The molecule has 2 aromatic carbocycles. The van der Waals surface area contributed by atoms with Crippen molar-refractivity contribution >= 4 is 0 Å². The Morgan fingerprint density at radius 3 is 2.09 bits per heavy atom. The van der Waals surface area contributed by atoms with Crippen LogP contribution in [0.25, 0.3) is 0 Å². The van der Waals surface area contributed by atoms with Crippen LogP contribution < -0.4 is 0 Å². The van der Waals surface area contributed by atoms with Crippen LogP contribution in [0.2, 0.25) is 0 Å². The van der Waals surface area contributed by atoms with Crippen molar-refractivity contribution < 1.29 is 10.2 Å². The third-order valence-electron chi connectivity index (χ3n) is 3.86. The summed E-state index contributed by atoms with van der Waals surface area (Å²) in [7, 11) is 0. The molecule has 0 aliphatic carbocycles. The molecule has 0 unspecified atom stereocenters. The Hall–Kier alpha value is -2.00. The van der Waals surface area contributed by atoms with Gasteiger partial charge in [0.2, 0.25) is 0 Å². The topological polar surface area (TPSA) is 43.7 Å². The third-order valence-corrected chi connectivity index (χ3v) is 3.86. The van der Waals surface area contributed by atoms with Gasteiger partial charge in [-0.3, -0.25) is 0 Å². The average Bonchev–Trinajstić information content (AvgIpc) is 2.54. The molecule has 0 atom stereocenters. The lowest BCUT2D eigenvalue weighted by Crippen LogP contribution is -2.29. The van der Waals surface area contributed by atoms with Gasteiger partial charge in [0, 0.05) is 13.1 Å². The maximum atomic E-state index is 9.56. The molecular formula is C19H25NO2. The lowest BCUT2D eigenvalue weighted by Gasteiger charge is -2.21. The molecule has 0 amide bonds. The number of phenols is 2. The van der Waals surface area contributed by atoms with E-state index in [0.29, 0.717) is 0 Å². The smallest absolute Gasteiger partial charge is 0.157 e. The second-order valence-corrected chi connectivity index (χ2v) is 5.65. The molecule has 3 nitrogen and oxygen atoms in total. The van der Waals surface area contributed by atoms with Gasteiger partial charge < -0.3 is 15.1 Å². The number of hydrogen-bond acceptors (Lipinski definition) is 3. The Balaban J connectivity index is 1.86. The van der Waals surface area contributed by atoms with Gasteiger partial charge in [0.25, 0.3) is 0 Å². The fraction of sp³-hybridized carbons (Fsp3) is 0.368. The molecule has 0 heterocycles. The number of rotatable bonds is 8. The lowest BCUT2D eigenvalue weighted by molar-refractivity contribution is 0.281. The highest BCUT2D eigenvalue weighted by molar-refractivity contribution is 5.40. The molecule has 0 saturated heterocycles. The first-order chi connectivity index (χ1) is 10.7. The van der Waals surface area contributed by atoms with E-state index in [2.05, 4.69) is 36.1 Å². The van der Waals surface area contributed by atoms with Gasteiger partial charge in [-0.2, -0.15) is 0 Å². The summed E-state index contributed by atoms with van der Waals surface area (Å²) in [5.74, 6) is -0.0953. The van der Waals surface area contributed by atoms with Crippen molar-refractivity contribution in [1.82, 2.24) is 4.90 Å². The zero-order valence-electron chi connectivity index (χ0n) is 13.2. The van der Waals surface area contributed by atoms with Gasteiger partial charge in [-0.25, -0.2) is 0 Å². The molecular weight excluding hydrogens is 274 g/mol. The first kappa shape index (κ1) is 16.4. The number of benzene rings is 2. The van der Waals surface area contributed by atoms with Crippen LogP contribution >= 0.6 is 0 Å². The molecule has 22 heavy (non-hydrogen) atoms. The van der Waals surface area contributed by atoms with Crippen LogP contribution in [-0.4, -0.2) is 34.7 Å². The third kappa shape index (κ3) is 5.08. The number of phenolic OH excluding ortho intramolecular Hbond substituents is 2. The molecule has 0 radical (unpaired) electrons. The van der Waals surface area contributed by atoms with Crippen molar-refractivity contribution in [2.75, 3.05) is 19.6 Å². The van der Waals surface area contributed by atoms with E-state index < -0.39 is 0 Å². The second kappa shape index (κ2) is 8.44. The molecule has 0 spiro atoms. The highest BCUT2D eigenvalue weighted by Crippen LogP contribution is 2.25. The molecule has 2 rings (SSSR count). The van der Waals surface area contributed by atoms with Crippen molar-refractivity contribution in [3.8, 4) is 11.5 Å². The van der Waals surface area contributed by atoms with Gasteiger partial charge in [-0.05, 0) is 49.1 Å². The van der Waals surface area contributed by atoms with E-state index in [1.54, 1.807) is 12.1 Å². The maximum absolute atomic E-state index is 9.56. The molecule has 0 aliphatic heterocycles. The van der Waals surface area contributed by atoms with Crippen LogP contribution in [0.5, 0.6) is 11.5 Å². The van der Waals surface area contributed by atoms with Gasteiger partial charge in [0.1, 0.15) is 0 Å². The zero-order chi connectivity index (χ0) is 15.8. The van der Waals surface area contributed by atoms with Gasteiger partial charge in [-0.1, -0.05) is 43.3 Å². The minimum atomic E-state index is -0.0572. The van der Waals surface area contributed by atoms with Gasteiger partial charge in [-0.15, -0.1) is 0 Å². The Labute approximate surface area is 132 Å². The predicted octanol–water partition coefficient (Wildman–Crippen LogP) is 3.60. The summed E-state index contributed by atoms with van der Waals surface area (Å²) in [6.07, 6.45) is 3.07. The Morgan fingerprint density at radius 2 is 1.45 bits per heavy atom.